The minimum Gasteiger partial charge on any atom is -0.468 e. The average molecular weight is 282 g/mol. The average Bonchev–Trinajstić information content (AvgIpc) is 2.87. The van der Waals surface area contributed by atoms with E-state index in [0.29, 0.717) is 12.5 Å². The van der Waals surface area contributed by atoms with E-state index in [0.717, 1.165) is 51.7 Å². The summed E-state index contributed by atoms with van der Waals surface area (Å²) < 4.78 is 4.91. The maximum atomic E-state index is 12.1. The van der Waals surface area contributed by atoms with Crippen LogP contribution in [0.5, 0.6) is 0 Å². The maximum Gasteiger partial charge on any atom is 0.323 e. The van der Waals surface area contributed by atoms with Crippen molar-refractivity contribution in [3.05, 3.63) is 0 Å². The van der Waals surface area contributed by atoms with Gasteiger partial charge in [0.15, 0.2) is 0 Å². The second-order valence-electron chi connectivity index (χ2n) is 5.78. The highest BCUT2D eigenvalue weighted by Gasteiger charge is 2.37. The zero-order valence-corrected chi connectivity index (χ0v) is 12.6. The Morgan fingerprint density at radius 1 is 1.30 bits per heavy atom. The summed E-state index contributed by atoms with van der Waals surface area (Å²) in [6.45, 7) is 4.73. The number of esters is 1. The zero-order chi connectivity index (χ0) is 14.5. The van der Waals surface area contributed by atoms with Gasteiger partial charge in [-0.3, -0.25) is 14.5 Å². The molecule has 2 heterocycles. The molecule has 0 aliphatic carbocycles. The molecule has 2 atom stereocenters. The zero-order valence-electron chi connectivity index (χ0n) is 12.6. The van der Waals surface area contributed by atoms with Crippen LogP contribution in [-0.2, 0) is 14.3 Å². The fourth-order valence-electron chi connectivity index (χ4n) is 3.48. The standard InChI is InChI=1S/C15H26N2O3/c1-3-9-16-11-8-12(6-7-14(16)18)17-10-4-5-13(17)15(19)20-2/h12-13H,3-11H2,1-2H3/t12?,13-/m0/s1. The molecule has 0 aromatic rings. The van der Waals surface area contributed by atoms with E-state index in [1.54, 1.807) is 0 Å². The number of methoxy groups -OCH3 is 1. The van der Waals surface area contributed by atoms with Gasteiger partial charge >= 0.3 is 5.97 Å². The van der Waals surface area contributed by atoms with E-state index in [1.807, 2.05) is 4.90 Å². The molecule has 5 nitrogen and oxygen atoms in total. The fourth-order valence-corrected chi connectivity index (χ4v) is 3.48. The molecule has 2 fully saturated rings. The van der Waals surface area contributed by atoms with E-state index in [2.05, 4.69) is 11.8 Å². The Balaban J connectivity index is 1.99. The Bertz CT molecular complexity index is 359. The molecule has 1 amide bonds. The van der Waals surface area contributed by atoms with Crippen LogP contribution in [0.1, 0.15) is 45.4 Å². The third kappa shape index (κ3) is 3.32. The molecule has 0 N–H and O–H groups in total. The van der Waals surface area contributed by atoms with Gasteiger partial charge in [0.2, 0.25) is 5.91 Å². The van der Waals surface area contributed by atoms with Crippen LogP contribution in [0.15, 0.2) is 0 Å². The summed E-state index contributed by atoms with van der Waals surface area (Å²) in [5.41, 5.74) is 0. The third-order valence-electron chi connectivity index (χ3n) is 4.51. The molecule has 2 aliphatic rings. The second kappa shape index (κ2) is 7.07. The van der Waals surface area contributed by atoms with Crippen molar-refractivity contribution in [2.75, 3.05) is 26.7 Å². The number of ether oxygens (including phenoxy) is 1. The van der Waals surface area contributed by atoms with Crippen LogP contribution in [0, 0.1) is 0 Å². The summed E-state index contributed by atoms with van der Waals surface area (Å²) in [6, 6.07) is 0.241. The van der Waals surface area contributed by atoms with Crippen molar-refractivity contribution in [1.29, 1.82) is 0 Å². The molecule has 0 radical (unpaired) electrons. The highest BCUT2D eigenvalue weighted by Crippen LogP contribution is 2.27. The highest BCUT2D eigenvalue weighted by molar-refractivity contribution is 5.77. The fraction of sp³-hybridized carbons (Fsp3) is 0.867. The van der Waals surface area contributed by atoms with E-state index in [-0.39, 0.29) is 17.9 Å². The first kappa shape index (κ1) is 15.3. The van der Waals surface area contributed by atoms with Crippen molar-refractivity contribution in [3.63, 3.8) is 0 Å². The van der Waals surface area contributed by atoms with Crippen molar-refractivity contribution in [1.82, 2.24) is 9.80 Å². The van der Waals surface area contributed by atoms with Crippen LogP contribution >= 0.6 is 0 Å². The molecule has 1 unspecified atom stereocenters. The van der Waals surface area contributed by atoms with Crippen LogP contribution in [0.2, 0.25) is 0 Å². The Hall–Kier alpha value is -1.10. The smallest absolute Gasteiger partial charge is 0.323 e. The molecule has 0 spiro atoms. The number of hydrogen-bond acceptors (Lipinski definition) is 4. The quantitative estimate of drug-likeness (QED) is 0.732. The van der Waals surface area contributed by atoms with Gasteiger partial charge in [-0.05, 0) is 38.6 Å². The minimum atomic E-state index is -0.122. The molecule has 2 saturated heterocycles. The third-order valence-corrected chi connectivity index (χ3v) is 4.51. The first-order valence-electron chi connectivity index (χ1n) is 7.78. The van der Waals surface area contributed by atoms with Gasteiger partial charge in [-0.2, -0.15) is 0 Å². The van der Waals surface area contributed by atoms with Crippen molar-refractivity contribution in [3.8, 4) is 0 Å². The van der Waals surface area contributed by atoms with Crippen molar-refractivity contribution < 1.29 is 14.3 Å². The van der Waals surface area contributed by atoms with Crippen molar-refractivity contribution >= 4 is 11.9 Å². The number of nitrogens with zero attached hydrogens (tertiary/aromatic N) is 2. The van der Waals surface area contributed by atoms with E-state index in [4.69, 9.17) is 4.74 Å². The summed E-state index contributed by atoms with van der Waals surface area (Å²) in [5.74, 6) is 0.145. The molecule has 2 aliphatic heterocycles. The molecule has 0 aromatic heterocycles. The Morgan fingerprint density at radius 2 is 2.10 bits per heavy atom. The molecule has 0 saturated carbocycles. The topological polar surface area (TPSA) is 49.9 Å². The number of amides is 1. The monoisotopic (exact) mass is 282 g/mol. The number of rotatable bonds is 4. The Kier molecular flexibility index (Phi) is 5.40. The highest BCUT2D eigenvalue weighted by atomic mass is 16.5. The van der Waals surface area contributed by atoms with Crippen molar-refractivity contribution in [2.45, 2.75) is 57.5 Å². The van der Waals surface area contributed by atoms with Crippen LogP contribution < -0.4 is 0 Å². The molecular weight excluding hydrogens is 256 g/mol. The molecule has 5 heteroatoms. The lowest BCUT2D eigenvalue weighted by molar-refractivity contribution is -0.146. The van der Waals surface area contributed by atoms with Gasteiger partial charge < -0.3 is 9.64 Å². The number of carbonyl (C=O) groups excluding carboxylic acids is 2. The van der Waals surface area contributed by atoms with Crippen molar-refractivity contribution in [2.24, 2.45) is 0 Å². The molecule has 20 heavy (non-hydrogen) atoms. The van der Waals surface area contributed by atoms with E-state index in [1.165, 1.54) is 7.11 Å². The molecule has 0 aromatic carbocycles. The van der Waals surface area contributed by atoms with Crippen LogP contribution in [0.4, 0.5) is 0 Å². The molecule has 2 rings (SSSR count). The maximum absolute atomic E-state index is 12.1. The number of carbonyl (C=O) groups is 2. The Labute approximate surface area is 121 Å². The first-order chi connectivity index (χ1) is 9.67. The summed E-state index contributed by atoms with van der Waals surface area (Å²) >= 11 is 0. The van der Waals surface area contributed by atoms with E-state index < -0.39 is 0 Å². The van der Waals surface area contributed by atoms with Gasteiger partial charge in [0.25, 0.3) is 0 Å². The number of hydrogen-bond donors (Lipinski definition) is 0. The van der Waals surface area contributed by atoms with Gasteiger partial charge in [0.05, 0.1) is 7.11 Å². The molecule has 114 valence electrons. The summed E-state index contributed by atoms with van der Waals surface area (Å²) in [4.78, 5) is 28.1. The molecular formula is C15H26N2O3. The largest absolute Gasteiger partial charge is 0.468 e. The van der Waals surface area contributed by atoms with Crippen LogP contribution in [0.25, 0.3) is 0 Å². The lowest BCUT2D eigenvalue weighted by Crippen LogP contribution is -2.44. The predicted molar refractivity (Wildman–Crippen MR) is 76.3 cm³/mol. The molecule has 0 bridgehead atoms. The first-order valence-corrected chi connectivity index (χ1v) is 7.78. The Morgan fingerprint density at radius 3 is 2.80 bits per heavy atom. The van der Waals surface area contributed by atoms with Crippen LogP contribution in [-0.4, -0.2) is 60.5 Å². The lowest BCUT2D eigenvalue weighted by Gasteiger charge is -2.30. The van der Waals surface area contributed by atoms with Gasteiger partial charge in [0, 0.05) is 25.6 Å². The van der Waals surface area contributed by atoms with Gasteiger partial charge in [0.1, 0.15) is 6.04 Å². The van der Waals surface area contributed by atoms with E-state index >= 15 is 0 Å². The lowest BCUT2D eigenvalue weighted by atomic mass is 10.1. The van der Waals surface area contributed by atoms with E-state index in [9.17, 15) is 9.59 Å². The SMILES string of the molecule is CCCN1CCC(N2CCC[C@H]2C(=O)OC)CCC1=O. The van der Waals surface area contributed by atoms with Gasteiger partial charge in [-0.1, -0.05) is 6.92 Å². The minimum absolute atomic E-state index is 0.0992. The normalized spacial score (nSPS) is 28.5. The second-order valence-corrected chi connectivity index (χ2v) is 5.78. The predicted octanol–water partition coefficient (Wildman–Crippen LogP) is 1.41. The summed E-state index contributed by atoms with van der Waals surface area (Å²) in [5, 5.41) is 0. The number of likely N-dealkylation sites (tertiary alicyclic amines) is 2. The van der Waals surface area contributed by atoms with Gasteiger partial charge in [-0.15, -0.1) is 0 Å². The van der Waals surface area contributed by atoms with Gasteiger partial charge in [-0.25, -0.2) is 0 Å². The summed E-state index contributed by atoms with van der Waals surface area (Å²) in [7, 11) is 1.46. The van der Waals surface area contributed by atoms with Crippen LogP contribution in [0.3, 0.4) is 0 Å². The summed E-state index contributed by atoms with van der Waals surface area (Å²) in [6.07, 6.45) is 5.38.